The maximum absolute atomic E-state index is 14.4. The van der Waals surface area contributed by atoms with E-state index in [9.17, 15) is 14.4 Å². The predicted molar refractivity (Wildman–Crippen MR) is 130 cm³/mol. The van der Waals surface area contributed by atoms with Gasteiger partial charge in [0.05, 0.1) is 13.2 Å². The number of hydrogen-bond donors (Lipinski definition) is 1. The number of esters is 2. The van der Waals surface area contributed by atoms with Gasteiger partial charge in [0.25, 0.3) is 0 Å². The molecule has 0 fully saturated rings. The van der Waals surface area contributed by atoms with Crippen molar-refractivity contribution in [3.63, 3.8) is 0 Å². The third kappa shape index (κ3) is 3.62. The largest absolute Gasteiger partial charge is 0.465 e. The molecule has 2 aliphatic rings. The van der Waals surface area contributed by atoms with Crippen molar-refractivity contribution in [1.29, 1.82) is 5.41 Å². The monoisotopic (exact) mass is 474 g/mol. The van der Waals surface area contributed by atoms with Gasteiger partial charge in [-0.2, -0.15) is 0 Å². The molecule has 8 heteroatoms. The van der Waals surface area contributed by atoms with Crippen molar-refractivity contribution in [2.45, 2.75) is 19.3 Å². The number of carbonyl (C=O) groups excluding carboxylic acids is 3. The Balaban J connectivity index is 2.15. The zero-order valence-electron chi connectivity index (χ0n) is 19.6. The summed E-state index contributed by atoms with van der Waals surface area (Å²) < 4.78 is 16.6. The Hall–Kier alpha value is -4.20. The predicted octanol–water partition coefficient (Wildman–Crippen LogP) is 3.62. The van der Waals surface area contributed by atoms with Crippen LogP contribution in [0, 0.1) is 11.3 Å². The highest BCUT2D eigenvalue weighted by Gasteiger charge is 2.67. The molecule has 2 aromatic carbocycles. The zero-order chi connectivity index (χ0) is 25.2. The molecule has 0 saturated heterocycles. The SMILES string of the molecule is C=CCN1C(=O)C2(C(C(=O)OCC)=C(c3ccccc3)OC(=N)C2C(=O)OCC)c2ccccc21. The van der Waals surface area contributed by atoms with E-state index in [1.165, 1.54) is 4.90 Å². The number of ether oxygens (including phenoxy) is 3. The Bertz CT molecular complexity index is 1240. The summed E-state index contributed by atoms with van der Waals surface area (Å²) in [5.41, 5.74) is -0.679. The van der Waals surface area contributed by atoms with E-state index in [1.54, 1.807) is 74.5 Å². The van der Waals surface area contributed by atoms with E-state index in [1.807, 2.05) is 0 Å². The van der Waals surface area contributed by atoms with Crippen LogP contribution in [0.5, 0.6) is 0 Å². The number of benzene rings is 2. The third-order valence-electron chi connectivity index (χ3n) is 6.08. The van der Waals surface area contributed by atoms with Gasteiger partial charge >= 0.3 is 11.9 Å². The zero-order valence-corrected chi connectivity index (χ0v) is 19.6. The Labute approximate surface area is 203 Å². The number of carbonyl (C=O) groups is 3. The van der Waals surface area contributed by atoms with Gasteiger partial charge in [-0.15, -0.1) is 6.58 Å². The van der Waals surface area contributed by atoms with Gasteiger partial charge in [0.15, 0.2) is 5.92 Å². The molecule has 2 atom stereocenters. The van der Waals surface area contributed by atoms with E-state index in [-0.39, 0.29) is 31.1 Å². The van der Waals surface area contributed by atoms with Crippen molar-refractivity contribution >= 4 is 35.2 Å². The topological polar surface area (TPSA) is 106 Å². The molecule has 1 amide bonds. The van der Waals surface area contributed by atoms with E-state index in [4.69, 9.17) is 19.6 Å². The fraction of sp³-hybridized carbons (Fsp3) is 0.259. The number of para-hydroxylation sites is 1. The molecule has 0 saturated carbocycles. The Morgan fingerprint density at radius 3 is 2.40 bits per heavy atom. The van der Waals surface area contributed by atoms with Crippen LogP contribution in [0.1, 0.15) is 25.0 Å². The fourth-order valence-electron chi connectivity index (χ4n) is 4.81. The van der Waals surface area contributed by atoms with E-state index < -0.39 is 35.1 Å². The molecule has 1 spiro atoms. The molecule has 4 rings (SSSR count). The molecule has 0 bridgehead atoms. The molecule has 0 radical (unpaired) electrons. The second kappa shape index (κ2) is 9.58. The lowest BCUT2D eigenvalue weighted by molar-refractivity contribution is -0.151. The van der Waals surface area contributed by atoms with Crippen LogP contribution < -0.4 is 4.90 Å². The molecular formula is C27H26N2O6. The van der Waals surface area contributed by atoms with Crippen molar-refractivity contribution in [3.8, 4) is 0 Å². The first-order valence-electron chi connectivity index (χ1n) is 11.4. The maximum atomic E-state index is 14.4. The average molecular weight is 475 g/mol. The van der Waals surface area contributed by atoms with Crippen LogP contribution in [-0.2, 0) is 34.0 Å². The number of nitrogens with one attached hydrogen (secondary N) is 1. The number of hydrogen-bond acceptors (Lipinski definition) is 7. The second-order valence-electron chi connectivity index (χ2n) is 7.97. The second-order valence-corrected chi connectivity index (χ2v) is 7.97. The minimum Gasteiger partial charge on any atom is -0.465 e. The molecule has 35 heavy (non-hydrogen) atoms. The lowest BCUT2D eigenvalue weighted by Crippen LogP contribution is -2.57. The van der Waals surface area contributed by atoms with Crippen LogP contribution in [0.15, 0.2) is 72.8 Å². The van der Waals surface area contributed by atoms with Crippen LogP contribution >= 0.6 is 0 Å². The standard InChI is InChI=1S/C27H26N2O6/c1-4-16-29-19-15-11-10-14-18(19)27(26(29)32)20(24(30)33-5-2)22(17-12-8-7-9-13-17)35-23(28)21(27)25(31)34-6-3/h4,7-15,21,28H,1,5-6,16H2,2-3H3. The summed E-state index contributed by atoms with van der Waals surface area (Å²) in [6, 6.07) is 15.6. The van der Waals surface area contributed by atoms with Crippen molar-refractivity contribution in [2.75, 3.05) is 24.7 Å². The van der Waals surface area contributed by atoms with Gasteiger partial charge in [-0.3, -0.25) is 15.0 Å². The van der Waals surface area contributed by atoms with Gasteiger partial charge in [0.2, 0.25) is 11.8 Å². The molecule has 180 valence electrons. The maximum Gasteiger partial charge on any atom is 0.339 e. The number of fused-ring (bicyclic) bond motifs is 2. The van der Waals surface area contributed by atoms with Gasteiger partial charge in [0.1, 0.15) is 16.7 Å². The first kappa shape index (κ1) is 23.9. The van der Waals surface area contributed by atoms with Crippen LogP contribution in [0.3, 0.4) is 0 Å². The molecule has 8 nitrogen and oxygen atoms in total. The first-order chi connectivity index (χ1) is 16.9. The summed E-state index contributed by atoms with van der Waals surface area (Å²) in [5.74, 6) is -4.22. The third-order valence-corrected chi connectivity index (χ3v) is 6.08. The quantitative estimate of drug-likeness (QED) is 0.485. The summed E-state index contributed by atoms with van der Waals surface area (Å²) in [4.78, 5) is 42.8. The van der Waals surface area contributed by atoms with Crippen molar-refractivity contribution in [3.05, 3.63) is 84.0 Å². The van der Waals surface area contributed by atoms with Crippen LogP contribution in [-0.4, -0.2) is 43.5 Å². The average Bonchev–Trinajstić information content (AvgIpc) is 3.08. The van der Waals surface area contributed by atoms with Crippen molar-refractivity contribution in [1.82, 2.24) is 0 Å². The van der Waals surface area contributed by atoms with Crippen molar-refractivity contribution < 1.29 is 28.6 Å². The van der Waals surface area contributed by atoms with Gasteiger partial charge in [-0.25, -0.2) is 4.79 Å². The summed E-state index contributed by atoms with van der Waals surface area (Å²) >= 11 is 0. The summed E-state index contributed by atoms with van der Waals surface area (Å²) in [6.45, 7) is 7.23. The molecule has 2 heterocycles. The van der Waals surface area contributed by atoms with E-state index in [2.05, 4.69) is 6.58 Å². The minimum atomic E-state index is -1.92. The summed E-state index contributed by atoms with van der Waals surface area (Å²) in [5, 5.41) is 8.76. The Morgan fingerprint density at radius 1 is 1.09 bits per heavy atom. The lowest BCUT2D eigenvalue weighted by Gasteiger charge is -2.40. The Morgan fingerprint density at radius 2 is 1.74 bits per heavy atom. The lowest BCUT2D eigenvalue weighted by atomic mass is 9.63. The fourth-order valence-corrected chi connectivity index (χ4v) is 4.81. The highest BCUT2D eigenvalue weighted by atomic mass is 16.5. The molecule has 1 N–H and O–H groups in total. The van der Waals surface area contributed by atoms with Gasteiger partial charge in [0, 0.05) is 17.8 Å². The van der Waals surface area contributed by atoms with E-state index >= 15 is 0 Å². The molecule has 2 unspecified atom stereocenters. The molecule has 2 aromatic rings. The highest BCUT2D eigenvalue weighted by Crippen LogP contribution is 2.56. The molecule has 0 aliphatic carbocycles. The number of amides is 1. The van der Waals surface area contributed by atoms with Gasteiger partial charge in [-0.05, 0) is 25.5 Å². The molecular weight excluding hydrogens is 448 g/mol. The van der Waals surface area contributed by atoms with Gasteiger partial charge < -0.3 is 19.1 Å². The normalized spacial score (nSPS) is 21.0. The van der Waals surface area contributed by atoms with Crippen LogP contribution in [0.2, 0.25) is 0 Å². The van der Waals surface area contributed by atoms with Crippen LogP contribution in [0.4, 0.5) is 5.69 Å². The first-order valence-corrected chi connectivity index (χ1v) is 11.4. The van der Waals surface area contributed by atoms with E-state index in [0.29, 0.717) is 16.8 Å². The highest BCUT2D eigenvalue weighted by molar-refractivity contribution is 6.24. The Kier molecular flexibility index (Phi) is 6.55. The summed E-state index contributed by atoms with van der Waals surface area (Å²) in [7, 11) is 0. The number of rotatable bonds is 7. The molecule has 2 aliphatic heterocycles. The van der Waals surface area contributed by atoms with Crippen LogP contribution in [0.25, 0.3) is 5.76 Å². The number of nitrogens with zero attached hydrogens (tertiary/aromatic N) is 1. The number of anilines is 1. The molecule has 0 aromatic heterocycles. The smallest absolute Gasteiger partial charge is 0.339 e. The van der Waals surface area contributed by atoms with Crippen molar-refractivity contribution in [2.24, 2.45) is 5.92 Å². The van der Waals surface area contributed by atoms with Gasteiger partial charge in [-0.1, -0.05) is 54.6 Å². The van der Waals surface area contributed by atoms with E-state index in [0.717, 1.165) is 0 Å². The summed E-state index contributed by atoms with van der Waals surface area (Å²) in [6.07, 6.45) is 1.56. The minimum absolute atomic E-state index is 0.00166.